The molecule has 1 aromatic carbocycles. The Morgan fingerprint density at radius 2 is 2.04 bits per heavy atom. The Hall–Kier alpha value is -1.07. The average molecular weight is 349 g/mol. The topological polar surface area (TPSA) is 44.7 Å². The van der Waals surface area contributed by atoms with Crippen LogP contribution in [0.1, 0.15) is 31.2 Å². The Morgan fingerprint density at radius 3 is 2.67 bits per heavy atom. The monoisotopic (exact) mass is 348 g/mol. The molecule has 0 unspecified atom stereocenters. The third-order valence-electron chi connectivity index (χ3n) is 5.88. The third kappa shape index (κ3) is 2.97. The van der Waals surface area contributed by atoms with Crippen molar-refractivity contribution in [3.8, 4) is 5.75 Å². The first kappa shape index (κ1) is 16.4. The summed E-state index contributed by atoms with van der Waals surface area (Å²) in [6, 6.07) is 6.03. The lowest BCUT2D eigenvalue weighted by Gasteiger charge is -2.40. The molecule has 24 heavy (non-hydrogen) atoms. The molecule has 3 atom stereocenters. The number of halogens is 1. The van der Waals surface area contributed by atoms with Crippen LogP contribution in [0.15, 0.2) is 30.4 Å². The maximum Gasteiger partial charge on any atom is 0.125 e. The van der Waals surface area contributed by atoms with E-state index in [4.69, 9.17) is 16.3 Å². The van der Waals surface area contributed by atoms with Crippen LogP contribution in [0.3, 0.4) is 0 Å². The van der Waals surface area contributed by atoms with Gasteiger partial charge in [-0.2, -0.15) is 0 Å². The van der Waals surface area contributed by atoms with Gasteiger partial charge in [0.25, 0.3) is 0 Å². The molecule has 1 aromatic rings. The van der Waals surface area contributed by atoms with Gasteiger partial charge in [0.2, 0.25) is 0 Å². The summed E-state index contributed by atoms with van der Waals surface area (Å²) in [6.07, 6.45) is 8.62. The number of piperidine rings is 1. The second-order valence-corrected chi connectivity index (χ2v) is 7.82. The lowest BCUT2D eigenvalue weighted by atomic mass is 9.84. The number of rotatable bonds is 4. The van der Waals surface area contributed by atoms with Gasteiger partial charge in [-0.3, -0.25) is 5.43 Å². The molecule has 130 valence electrons. The van der Waals surface area contributed by atoms with Crippen LogP contribution in [0.25, 0.3) is 0 Å². The molecule has 5 heteroatoms. The normalized spacial score (nSPS) is 31.5. The molecule has 1 aliphatic heterocycles. The molecule has 2 aliphatic carbocycles. The fourth-order valence-corrected chi connectivity index (χ4v) is 4.65. The van der Waals surface area contributed by atoms with Crippen LogP contribution >= 0.6 is 11.6 Å². The number of hydrazine groups is 1. The van der Waals surface area contributed by atoms with Gasteiger partial charge in [0.05, 0.1) is 12.7 Å². The number of hydrogen-bond acceptors (Lipinski definition) is 4. The Labute approximate surface area is 148 Å². The van der Waals surface area contributed by atoms with Crippen molar-refractivity contribution in [2.75, 3.05) is 20.2 Å². The van der Waals surface area contributed by atoms with Crippen molar-refractivity contribution in [2.24, 2.45) is 11.8 Å². The number of benzene rings is 1. The maximum atomic E-state index is 11.2. The van der Waals surface area contributed by atoms with Gasteiger partial charge in [-0.05, 0) is 55.7 Å². The highest BCUT2D eigenvalue weighted by atomic mass is 35.5. The zero-order valence-electron chi connectivity index (χ0n) is 14.0. The van der Waals surface area contributed by atoms with Gasteiger partial charge in [-0.25, -0.2) is 5.01 Å². The average Bonchev–Trinajstić information content (AvgIpc) is 3.20. The van der Waals surface area contributed by atoms with Crippen molar-refractivity contribution in [3.63, 3.8) is 0 Å². The summed E-state index contributed by atoms with van der Waals surface area (Å²) in [5, 5.41) is 14.1. The largest absolute Gasteiger partial charge is 0.496 e. The number of hydrogen-bond donors (Lipinski definition) is 2. The summed E-state index contributed by atoms with van der Waals surface area (Å²) in [6.45, 7) is 1.65. The van der Waals surface area contributed by atoms with Crippen molar-refractivity contribution in [3.05, 3.63) is 40.9 Å². The molecule has 0 amide bonds. The smallest absolute Gasteiger partial charge is 0.125 e. The molecule has 2 N–H and O–H groups in total. The van der Waals surface area contributed by atoms with Crippen molar-refractivity contribution in [1.82, 2.24) is 10.4 Å². The second-order valence-electron chi connectivity index (χ2n) is 7.38. The number of allylic oxidation sites excluding steroid dienone is 1. The molecule has 0 spiro atoms. The molecule has 2 bridgehead atoms. The SMILES string of the molecule is COc1ccc(Cl)cc1C1(O)CCN(N[C@H]2C[C@H]3C=C[C@H]2C3)CC1. The van der Waals surface area contributed by atoms with Gasteiger partial charge >= 0.3 is 0 Å². The Bertz CT molecular complexity index is 640. The summed E-state index contributed by atoms with van der Waals surface area (Å²) in [4.78, 5) is 0. The van der Waals surface area contributed by atoms with Crippen molar-refractivity contribution >= 4 is 11.6 Å². The first-order valence-electron chi connectivity index (χ1n) is 8.83. The quantitative estimate of drug-likeness (QED) is 0.821. The van der Waals surface area contributed by atoms with Gasteiger partial charge in [0.15, 0.2) is 0 Å². The Balaban J connectivity index is 1.42. The zero-order valence-corrected chi connectivity index (χ0v) is 14.8. The number of fused-ring (bicyclic) bond motifs is 2. The minimum atomic E-state index is -0.872. The summed E-state index contributed by atoms with van der Waals surface area (Å²) < 4.78 is 5.43. The summed E-state index contributed by atoms with van der Waals surface area (Å²) in [5.41, 5.74) is 3.63. The molecule has 0 aromatic heterocycles. The van der Waals surface area contributed by atoms with Crippen LogP contribution in [-0.4, -0.2) is 36.4 Å². The predicted molar refractivity (Wildman–Crippen MR) is 95.0 cm³/mol. The standard InChI is InChI=1S/C19H25ClN2O2/c1-24-18-5-4-15(20)12-16(18)19(23)6-8-22(9-7-19)21-17-11-13-2-3-14(17)10-13/h2-5,12-14,17,21,23H,6-11H2,1H3/t13-,14-,17-/m0/s1. The van der Waals surface area contributed by atoms with Crippen LogP contribution in [-0.2, 0) is 5.60 Å². The van der Waals surface area contributed by atoms with E-state index in [1.807, 2.05) is 12.1 Å². The molecular weight excluding hydrogens is 324 g/mol. The summed E-state index contributed by atoms with van der Waals surface area (Å²) in [7, 11) is 1.63. The van der Waals surface area contributed by atoms with E-state index in [-0.39, 0.29) is 0 Å². The Kier molecular flexibility index (Phi) is 4.33. The van der Waals surface area contributed by atoms with Gasteiger partial charge < -0.3 is 9.84 Å². The number of nitrogens with one attached hydrogen (secondary N) is 1. The molecule has 4 rings (SSSR count). The van der Waals surface area contributed by atoms with E-state index in [1.54, 1.807) is 13.2 Å². The second kappa shape index (κ2) is 6.34. The van der Waals surface area contributed by atoms with Gasteiger partial charge in [-0.15, -0.1) is 0 Å². The van der Waals surface area contributed by atoms with E-state index in [1.165, 1.54) is 12.8 Å². The van der Waals surface area contributed by atoms with Crippen LogP contribution in [0, 0.1) is 11.8 Å². The fraction of sp³-hybridized carbons (Fsp3) is 0.579. The number of ether oxygens (including phenoxy) is 1. The predicted octanol–water partition coefficient (Wildman–Crippen LogP) is 3.10. The number of methoxy groups -OCH3 is 1. The lowest BCUT2D eigenvalue weighted by Crippen LogP contribution is -2.52. The molecule has 0 radical (unpaired) electrons. The molecule has 1 saturated carbocycles. The highest BCUT2D eigenvalue weighted by Crippen LogP contribution is 2.41. The van der Waals surface area contributed by atoms with Crippen molar-refractivity contribution in [1.29, 1.82) is 0 Å². The van der Waals surface area contributed by atoms with Crippen LogP contribution in [0.4, 0.5) is 0 Å². The summed E-state index contributed by atoms with van der Waals surface area (Å²) >= 11 is 6.14. The Morgan fingerprint density at radius 1 is 1.25 bits per heavy atom. The van der Waals surface area contributed by atoms with E-state index in [0.29, 0.717) is 35.6 Å². The molecule has 3 aliphatic rings. The van der Waals surface area contributed by atoms with Gasteiger partial charge in [0, 0.05) is 29.7 Å². The van der Waals surface area contributed by atoms with E-state index < -0.39 is 5.60 Å². The van der Waals surface area contributed by atoms with E-state index in [2.05, 4.69) is 22.6 Å². The number of nitrogens with zero attached hydrogens (tertiary/aromatic N) is 1. The number of aliphatic hydroxyl groups is 1. The zero-order chi connectivity index (χ0) is 16.7. The van der Waals surface area contributed by atoms with E-state index in [0.717, 1.165) is 24.6 Å². The first-order chi connectivity index (χ1) is 11.6. The van der Waals surface area contributed by atoms with E-state index in [9.17, 15) is 5.11 Å². The summed E-state index contributed by atoms with van der Waals surface area (Å²) in [5.74, 6) is 2.16. The minimum Gasteiger partial charge on any atom is -0.496 e. The molecular formula is C19H25ClN2O2. The highest BCUT2D eigenvalue weighted by molar-refractivity contribution is 6.30. The highest BCUT2D eigenvalue weighted by Gasteiger charge is 2.40. The third-order valence-corrected chi connectivity index (χ3v) is 6.12. The fourth-order valence-electron chi connectivity index (χ4n) is 4.48. The first-order valence-corrected chi connectivity index (χ1v) is 9.21. The van der Waals surface area contributed by atoms with Crippen molar-refractivity contribution in [2.45, 2.75) is 37.3 Å². The minimum absolute atomic E-state index is 0.562. The molecule has 4 nitrogen and oxygen atoms in total. The van der Waals surface area contributed by atoms with Gasteiger partial charge in [-0.1, -0.05) is 23.8 Å². The van der Waals surface area contributed by atoms with Crippen LogP contribution in [0.2, 0.25) is 5.02 Å². The molecule has 1 saturated heterocycles. The van der Waals surface area contributed by atoms with E-state index >= 15 is 0 Å². The maximum absolute atomic E-state index is 11.2. The molecule has 1 heterocycles. The van der Waals surface area contributed by atoms with Crippen LogP contribution < -0.4 is 10.2 Å². The molecule has 2 fully saturated rings. The van der Waals surface area contributed by atoms with Crippen LogP contribution in [0.5, 0.6) is 5.75 Å². The van der Waals surface area contributed by atoms with Gasteiger partial charge in [0.1, 0.15) is 5.75 Å². The lowest BCUT2D eigenvalue weighted by molar-refractivity contribution is -0.0447. The van der Waals surface area contributed by atoms with Crippen molar-refractivity contribution < 1.29 is 9.84 Å².